The second-order valence-corrected chi connectivity index (χ2v) is 6.52. The first-order valence-corrected chi connectivity index (χ1v) is 9.37. The van der Waals surface area contributed by atoms with E-state index in [-0.39, 0.29) is 17.3 Å². The molecule has 0 aliphatic heterocycles. The van der Waals surface area contributed by atoms with Crippen molar-refractivity contribution in [1.29, 1.82) is 0 Å². The minimum Gasteiger partial charge on any atom is -0.484 e. The van der Waals surface area contributed by atoms with Gasteiger partial charge in [-0.2, -0.15) is 0 Å². The number of hydrazine groups is 1. The van der Waals surface area contributed by atoms with Crippen LogP contribution in [0.3, 0.4) is 0 Å². The van der Waals surface area contributed by atoms with Crippen molar-refractivity contribution in [2.75, 3.05) is 6.61 Å². The van der Waals surface area contributed by atoms with Gasteiger partial charge in [-0.05, 0) is 47.6 Å². The fourth-order valence-electron chi connectivity index (χ4n) is 2.53. The summed E-state index contributed by atoms with van der Waals surface area (Å²) in [6.07, 6.45) is 0. The Morgan fingerprint density at radius 1 is 0.833 bits per heavy atom. The minimum absolute atomic E-state index is 0.157. The normalized spacial score (nSPS) is 10.0. The summed E-state index contributed by atoms with van der Waals surface area (Å²) in [6.45, 7) is -0.262. The molecular formula is C22H18FN3O3S. The highest BCUT2D eigenvalue weighted by Gasteiger charge is 2.12. The highest BCUT2D eigenvalue weighted by atomic mass is 32.1. The number of rotatable bonds is 5. The molecule has 0 bridgehead atoms. The highest BCUT2D eigenvalue weighted by molar-refractivity contribution is 7.80. The van der Waals surface area contributed by atoms with Crippen molar-refractivity contribution in [3.05, 3.63) is 90.2 Å². The Bertz CT molecular complexity index is 1040. The van der Waals surface area contributed by atoms with Crippen molar-refractivity contribution in [3.8, 4) is 16.9 Å². The summed E-state index contributed by atoms with van der Waals surface area (Å²) >= 11 is 4.91. The molecule has 3 aromatic rings. The number of ether oxygens (including phenoxy) is 1. The van der Waals surface area contributed by atoms with Crippen molar-refractivity contribution in [2.45, 2.75) is 0 Å². The van der Waals surface area contributed by atoms with Gasteiger partial charge in [-0.15, -0.1) is 0 Å². The molecular weight excluding hydrogens is 405 g/mol. The van der Waals surface area contributed by atoms with Crippen LogP contribution in [0.4, 0.5) is 4.39 Å². The van der Waals surface area contributed by atoms with Gasteiger partial charge in [-0.25, -0.2) is 4.39 Å². The number of halogens is 1. The van der Waals surface area contributed by atoms with Crippen LogP contribution in [0.15, 0.2) is 78.9 Å². The summed E-state index contributed by atoms with van der Waals surface area (Å²) in [5, 5.41) is 2.10. The Morgan fingerprint density at radius 3 is 2.17 bits per heavy atom. The van der Waals surface area contributed by atoms with Crippen LogP contribution in [0.2, 0.25) is 0 Å². The third-order valence-corrected chi connectivity index (χ3v) is 4.20. The second-order valence-electron chi connectivity index (χ2n) is 6.12. The molecule has 0 heterocycles. The van der Waals surface area contributed by atoms with Crippen LogP contribution in [-0.2, 0) is 4.79 Å². The van der Waals surface area contributed by atoms with Gasteiger partial charge in [-0.1, -0.05) is 54.6 Å². The maximum atomic E-state index is 13.6. The van der Waals surface area contributed by atoms with Crippen LogP contribution in [0.5, 0.6) is 5.75 Å². The molecule has 0 atom stereocenters. The first-order chi connectivity index (χ1) is 14.5. The lowest BCUT2D eigenvalue weighted by Crippen LogP contribution is -2.49. The van der Waals surface area contributed by atoms with Gasteiger partial charge in [0.15, 0.2) is 11.7 Å². The maximum Gasteiger partial charge on any atom is 0.276 e. The molecule has 8 heteroatoms. The SMILES string of the molecule is O=C(COc1ccc(-c2ccccc2)cc1)NNC(=S)NC(=O)c1ccccc1F. The Labute approximate surface area is 178 Å². The van der Waals surface area contributed by atoms with E-state index in [2.05, 4.69) is 16.2 Å². The first kappa shape index (κ1) is 20.9. The number of hydrogen-bond donors (Lipinski definition) is 3. The molecule has 3 N–H and O–H groups in total. The molecule has 0 saturated heterocycles. The first-order valence-electron chi connectivity index (χ1n) is 8.96. The molecule has 2 amide bonds. The van der Waals surface area contributed by atoms with E-state index in [4.69, 9.17) is 17.0 Å². The van der Waals surface area contributed by atoms with Crippen LogP contribution in [0.25, 0.3) is 11.1 Å². The van der Waals surface area contributed by atoms with Crippen LogP contribution < -0.4 is 20.9 Å². The van der Waals surface area contributed by atoms with E-state index >= 15 is 0 Å². The van der Waals surface area contributed by atoms with E-state index in [1.54, 1.807) is 12.1 Å². The van der Waals surface area contributed by atoms with Gasteiger partial charge in [0.05, 0.1) is 5.56 Å². The quantitative estimate of drug-likeness (QED) is 0.434. The maximum absolute atomic E-state index is 13.6. The van der Waals surface area contributed by atoms with E-state index in [0.717, 1.165) is 17.2 Å². The molecule has 6 nitrogen and oxygen atoms in total. The average molecular weight is 423 g/mol. The lowest BCUT2D eigenvalue weighted by Gasteiger charge is -2.12. The molecule has 30 heavy (non-hydrogen) atoms. The predicted octanol–water partition coefficient (Wildman–Crippen LogP) is 3.21. The van der Waals surface area contributed by atoms with Gasteiger partial charge in [0, 0.05) is 0 Å². The molecule has 0 aliphatic carbocycles. The standard InChI is InChI=1S/C22H18FN3O3S/c23-19-9-5-4-8-18(19)21(28)24-22(30)26-25-20(27)14-29-17-12-10-16(11-13-17)15-6-2-1-3-7-15/h1-13H,14H2,(H,25,27)(H2,24,26,28,30). The number of hydrogen-bond acceptors (Lipinski definition) is 4. The molecule has 152 valence electrons. The van der Waals surface area contributed by atoms with Crippen LogP contribution in [0.1, 0.15) is 10.4 Å². The predicted molar refractivity (Wildman–Crippen MR) is 115 cm³/mol. The van der Waals surface area contributed by atoms with Gasteiger partial charge < -0.3 is 4.74 Å². The van der Waals surface area contributed by atoms with Gasteiger partial charge in [0.25, 0.3) is 11.8 Å². The number of amides is 2. The number of carbonyl (C=O) groups is 2. The van der Waals surface area contributed by atoms with Crippen LogP contribution in [0, 0.1) is 5.82 Å². The summed E-state index contributed by atoms with van der Waals surface area (Å²) in [4.78, 5) is 23.8. The Kier molecular flexibility index (Phi) is 7.07. The fourth-order valence-corrected chi connectivity index (χ4v) is 2.68. The van der Waals surface area contributed by atoms with E-state index in [0.29, 0.717) is 5.75 Å². The van der Waals surface area contributed by atoms with Crippen LogP contribution >= 0.6 is 12.2 Å². The molecule has 3 aromatic carbocycles. The van der Waals surface area contributed by atoms with Crippen molar-refractivity contribution in [2.24, 2.45) is 0 Å². The summed E-state index contributed by atoms with van der Waals surface area (Å²) in [7, 11) is 0. The lowest BCUT2D eigenvalue weighted by atomic mass is 10.1. The molecule has 0 spiro atoms. The monoisotopic (exact) mass is 423 g/mol. The smallest absolute Gasteiger partial charge is 0.276 e. The summed E-state index contributed by atoms with van der Waals surface area (Å²) in [5.41, 5.74) is 6.62. The van der Waals surface area contributed by atoms with Gasteiger partial charge in [0.2, 0.25) is 0 Å². The Balaban J connectivity index is 1.42. The zero-order valence-electron chi connectivity index (χ0n) is 15.7. The fraction of sp³-hybridized carbons (Fsp3) is 0.0455. The Hall–Kier alpha value is -3.78. The third-order valence-electron chi connectivity index (χ3n) is 3.99. The number of nitrogens with one attached hydrogen (secondary N) is 3. The summed E-state index contributed by atoms with van der Waals surface area (Å²) in [6, 6.07) is 22.7. The average Bonchev–Trinajstić information content (AvgIpc) is 2.77. The molecule has 0 fully saturated rings. The van der Waals surface area contributed by atoms with Gasteiger partial charge in [0.1, 0.15) is 11.6 Å². The van der Waals surface area contributed by atoms with Gasteiger partial charge in [-0.3, -0.25) is 25.8 Å². The third kappa shape index (κ3) is 5.86. The van der Waals surface area contributed by atoms with Crippen molar-refractivity contribution in [3.63, 3.8) is 0 Å². The molecule has 0 saturated carbocycles. The Morgan fingerprint density at radius 2 is 1.47 bits per heavy atom. The topological polar surface area (TPSA) is 79.5 Å². The number of benzene rings is 3. The van der Waals surface area contributed by atoms with Crippen LogP contribution in [-0.4, -0.2) is 23.5 Å². The van der Waals surface area contributed by atoms with E-state index < -0.39 is 17.6 Å². The van der Waals surface area contributed by atoms with Crippen molar-refractivity contribution in [1.82, 2.24) is 16.2 Å². The molecule has 3 rings (SSSR count). The van der Waals surface area contributed by atoms with Crippen molar-refractivity contribution >= 4 is 29.1 Å². The number of carbonyl (C=O) groups excluding carboxylic acids is 2. The molecule has 0 aromatic heterocycles. The summed E-state index contributed by atoms with van der Waals surface area (Å²) in [5.74, 6) is -1.38. The molecule has 0 unspecified atom stereocenters. The highest BCUT2D eigenvalue weighted by Crippen LogP contribution is 2.21. The van der Waals surface area contributed by atoms with E-state index in [9.17, 15) is 14.0 Å². The number of thiocarbonyl (C=S) groups is 1. The summed E-state index contributed by atoms with van der Waals surface area (Å²) < 4.78 is 19.0. The zero-order chi connectivity index (χ0) is 21.3. The molecule has 0 aliphatic rings. The molecule has 0 radical (unpaired) electrons. The second kappa shape index (κ2) is 10.1. The largest absolute Gasteiger partial charge is 0.484 e. The van der Waals surface area contributed by atoms with Crippen molar-refractivity contribution < 1.29 is 18.7 Å². The zero-order valence-corrected chi connectivity index (χ0v) is 16.5. The van der Waals surface area contributed by atoms with E-state index in [1.165, 1.54) is 18.2 Å². The minimum atomic E-state index is -0.727. The van der Waals surface area contributed by atoms with E-state index in [1.807, 2.05) is 42.5 Å². The lowest BCUT2D eigenvalue weighted by molar-refractivity contribution is -0.123. The van der Waals surface area contributed by atoms with Gasteiger partial charge >= 0.3 is 0 Å².